The molecule has 0 atom stereocenters. The Kier molecular flexibility index (Phi) is 2.95. The van der Waals surface area contributed by atoms with Crippen molar-refractivity contribution in [1.29, 1.82) is 0 Å². The van der Waals surface area contributed by atoms with Crippen molar-refractivity contribution in [1.82, 2.24) is 0 Å². The van der Waals surface area contributed by atoms with E-state index in [1.165, 1.54) is 0 Å². The van der Waals surface area contributed by atoms with Gasteiger partial charge in [-0.25, -0.2) is 0 Å². The van der Waals surface area contributed by atoms with Gasteiger partial charge in [-0.1, -0.05) is 11.6 Å². The normalized spacial score (nSPS) is 10.0. The molecular weight excluding hydrogens is 174 g/mol. The van der Waals surface area contributed by atoms with E-state index in [2.05, 4.69) is 0 Å². The van der Waals surface area contributed by atoms with Crippen molar-refractivity contribution < 1.29 is 4.74 Å². The topological polar surface area (TPSA) is 35.2 Å². The molecule has 1 rings (SSSR count). The lowest BCUT2D eigenvalue weighted by Crippen LogP contribution is -2.01. The number of methoxy groups -OCH3 is 1. The molecule has 66 valence electrons. The van der Waals surface area contributed by atoms with Crippen LogP contribution in [0.5, 0.6) is 5.75 Å². The van der Waals surface area contributed by atoms with E-state index in [-0.39, 0.29) is 0 Å². The second kappa shape index (κ2) is 3.78. The minimum atomic E-state index is 0.446. The van der Waals surface area contributed by atoms with Gasteiger partial charge in [0.15, 0.2) is 0 Å². The molecule has 0 aromatic heterocycles. The van der Waals surface area contributed by atoms with Crippen LogP contribution >= 0.6 is 11.6 Å². The summed E-state index contributed by atoms with van der Waals surface area (Å²) in [6.45, 7) is 2.40. The van der Waals surface area contributed by atoms with Gasteiger partial charge in [-0.05, 0) is 30.2 Å². The molecule has 0 bridgehead atoms. The molecule has 0 saturated carbocycles. The average Bonchev–Trinajstić information content (AvgIpc) is 2.06. The number of benzene rings is 1. The van der Waals surface area contributed by atoms with Crippen LogP contribution in [0.4, 0.5) is 0 Å². The lowest BCUT2D eigenvalue weighted by molar-refractivity contribution is 0.411. The van der Waals surface area contributed by atoms with Crippen LogP contribution in [0, 0.1) is 6.92 Å². The second-order valence-electron chi connectivity index (χ2n) is 2.56. The van der Waals surface area contributed by atoms with Crippen LogP contribution in [0.1, 0.15) is 11.1 Å². The summed E-state index contributed by atoms with van der Waals surface area (Å²) in [5.74, 6) is 0.833. The van der Waals surface area contributed by atoms with E-state index in [0.29, 0.717) is 11.6 Å². The van der Waals surface area contributed by atoms with Crippen molar-refractivity contribution in [3.63, 3.8) is 0 Å². The van der Waals surface area contributed by atoms with Crippen molar-refractivity contribution >= 4 is 11.6 Å². The maximum Gasteiger partial charge on any atom is 0.122 e. The van der Waals surface area contributed by atoms with Crippen molar-refractivity contribution in [3.8, 4) is 5.75 Å². The first kappa shape index (κ1) is 9.36. The molecule has 0 fully saturated rings. The molecule has 0 aliphatic carbocycles. The summed E-state index contributed by atoms with van der Waals surface area (Å²) < 4.78 is 5.13. The quantitative estimate of drug-likeness (QED) is 0.766. The summed E-state index contributed by atoms with van der Waals surface area (Å²) in [4.78, 5) is 0. The summed E-state index contributed by atoms with van der Waals surface area (Å²) in [5.41, 5.74) is 7.51. The van der Waals surface area contributed by atoms with Gasteiger partial charge in [0.25, 0.3) is 0 Å². The number of ether oxygens (including phenoxy) is 1. The first-order valence-corrected chi connectivity index (χ1v) is 4.10. The first-order valence-electron chi connectivity index (χ1n) is 3.72. The molecular formula is C9H12ClNO. The predicted molar refractivity (Wildman–Crippen MR) is 50.6 cm³/mol. The van der Waals surface area contributed by atoms with Crippen LogP contribution in [0.3, 0.4) is 0 Å². The molecule has 12 heavy (non-hydrogen) atoms. The second-order valence-corrected chi connectivity index (χ2v) is 2.96. The Hall–Kier alpha value is -0.730. The van der Waals surface area contributed by atoms with Gasteiger partial charge < -0.3 is 10.5 Å². The Morgan fingerprint density at radius 1 is 1.50 bits per heavy atom. The Labute approximate surface area is 77.3 Å². The summed E-state index contributed by atoms with van der Waals surface area (Å²) in [7, 11) is 1.64. The van der Waals surface area contributed by atoms with Crippen molar-refractivity contribution in [3.05, 3.63) is 28.3 Å². The van der Waals surface area contributed by atoms with Gasteiger partial charge in [-0.2, -0.15) is 0 Å². The summed E-state index contributed by atoms with van der Waals surface area (Å²) in [6, 6.07) is 3.65. The van der Waals surface area contributed by atoms with Gasteiger partial charge in [-0.15, -0.1) is 0 Å². The van der Waals surface area contributed by atoms with Crippen LogP contribution in [0.25, 0.3) is 0 Å². The van der Waals surface area contributed by atoms with E-state index in [4.69, 9.17) is 22.1 Å². The minimum absolute atomic E-state index is 0.446. The monoisotopic (exact) mass is 185 g/mol. The number of hydrogen-bond acceptors (Lipinski definition) is 2. The minimum Gasteiger partial charge on any atom is -0.496 e. The zero-order valence-electron chi connectivity index (χ0n) is 7.23. The third kappa shape index (κ3) is 1.54. The van der Waals surface area contributed by atoms with Crippen LogP contribution in [-0.4, -0.2) is 7.11 Å². The molecule has 0 aliphatic rings. The van der Waals surface area contributed by atoms with Gasteiger partial charge in [0.1, 0.15) is 5.75 Å². The molecule has 0 unspecified atom stereocenters. The van der Waals surface area contributed by atoms with Gasteiger partial charge in [0, 0.05) is 11.6 Å². The van der Waals surface area contributed by atoms with E-state index in [1.807, 2.05) is 13.0 Å². The molecule has 2 nitrogen and oxygen atoms in total. The third-order valence-electron chi connectivity index (χ3n) is 1.92. The molecule has 1 aromatic carbocycles. The SMILES string of the molecule is COc1ccc(Cl)c(CN)c1C. The molecule has 2 N–H and O–H groups in total. The zero-order valence-corrected chi connectivity index (χ0v) is 7.98. The highest BCUT2D eigenvalue weighted by atomic mass is 35.5. The summed E-state index contributed by atoms with van der Waals surface area (Å²) >= 11 is 5.92. The van der Waals surface area contributed by atoms with Crippen LogP contribution in [0.2, 0.25) is 5.02 Å². The van der Waals surface area contributed by atoms with Gasteiger partial charge >= 0.3 is 0 Å². The van der Waals surface area contributed by atoms with Crippen LogP contribution in [-0.2, 0) is 6.54 Å². The smallest absolute Gasteiger partial charge is 0.122 e. The lowest BCUT2D eigenvalue weighted by Gasteiger charge is -2.09. The molecule has 0 saturated heterocycles. The van der Waals surface area contributed by atoms with E-state index in [9.17, 15) is 0 Å². The summed E-state index contributed by atoms with van der Waals surface area (Å²) in [5, 5.41) is 0.704. The molecule has 0 radical (unpaired) electrons. The molecule has 0 spiro atoms. The molecule has 0 heterocycles. The maximum atomic E-state index is 5.92. The highest BCUT2D eigenvalue weighted by Crippen LogP contribution is 2.27. The van der Waals surface area contributed by atoms with E-state index in [1.54, 1.807) is 13.2 Å². The van der Waals surface area contributed by atoms with Crippen LogP contribution in [0.15, 0.2) is 12.1 Å². The molecule has 0 amide bonds. The highest BCUT2D eigenvalue weighted by molar-refractivity contribution is 6.31. The Morgan fingerprint density at radius 3 is 2.67 bits per heavy atom. The lowest BCUT2D eigenvalue weighted by atomic mass is 10.1. The van der Waals surface area contributed by atoms with Crippen molar-refractivity contribution in [2.24, 2.45) is 5.73 Å². The van der Waals surface area contributed by atoms with Crippen molar-refractivity contribution in [2.75, 3.05) is 7.11 Å². The van der Waals surface area contributed by atoms with E-state index < -0.39 is 0 Å². The third-order valence-corrected chi connectivity index (χ3v) is 2.27. The number of rotatable bonds is 2. The van der Waals surface area contributed by atoms with Crippen molar-refractivity contribution in [2.45, 2.75) is 13.5 Å². The fraction of sp³-hybridized carbons (Fsp3) is 0.333. The van der Waals surface area contributed by atoms with Gasteiger partial charge in [0.05, 0.1) is 7.11 Å². The average molecular weight is 186 g/mol. The Morgan fingerprint density at radius 2 is 2.17 bits per heavy atom. The van der Waals surface area contributed by atoms with Crippen LogP contribution < -0.4 is 10.5 Å². The number of nitrogens with two attached hydrogens (primary N) is 1. The van der Waals surface area contributed by atoms with Gasteiger partial charge in [-0.3, -0.25) is 0 Å². The Balaban J connectivity index is 3.24. The van der Waals surface area contributed by atoms with Gasteiger partial charge in [0.2, 0.25) is 0 Å². The maximum absolute atomic E-state index is 5.92. The van der Waals surface area contributed by atoms with E-state index in [0.717, 1.165) is 16.9 Å². The largest absolute Gasteiger partial charge is 0.496 e. The van der Waals surface area contributed by atoms with E-state index >= 15 is 0 Å². The Bertz CT molecular complexity index is 286. The number of halogens is 1. The molecule has 0 aliphatic heterocycles. The number of hydrogen-bond donors (Lipinski definition) is 1. The fourth-order valence-electron chi connectivity index (χ4n) is 1.17. The molecule has 3 heteroatoms. The predicted octanol–water partition coefficient (Wildman–Crippen LogP) is 2.12. The zero-order chi connectivity index (χ0) is 9.14. The standard InChI is InChI=1S/C9H12ClNO/c1-6-7(5-11)8(10)3-4-9(6)12-2/h3-4H,5,11H2,1-2H3. The summed E-state index contributed by atoms with van der Waals surface area (Å²) in [6.07, 6.45) is 0. The molecule has 1 aromatic rings. The highest BCUT2D eigenvalue weighted by Gasteiger charge is 2.06. The first-order chi connectivity index (χ1) is 5.70. The fourth-order valence-corrected chi connectivity index (χ4v) is 1.46.